The Labute approximate surface area is 75.0 Å². The number of fused-ring (bicyclic) bond motifs is 1. The molecule has 0 saturated heterocycles. The molecule has 0 atom stereocenters. The molecule has 2 aromatic rings. The second-order valence-electron chi connectivity index (χ2n) is 2.84. The molecular formula is C9H11N3O. The highest BCUT2D eigenvalue weighted by molar-refractivity contribution is 5.87. The minimum absolute atomic E-state index is 0.166. The molecule has 0 aliphatic rings. The van der Waals surface area contributed by atoms with Gasteiger partial charge in [-0.3, -0.25) is 0 Å². The highest BCUT2D eigenvalue weighted by Crippen LogP contribution is 2.17. The molecular weight excluding hydrogens is 166 g/mol. The van der Waals surface area contributed by atoms with E-state index in [1.165, 1.54) is 0 Å². The van der Waals surface area contributed by atoms with Gasteiger partial charge in [-0.15, -0.1) is 0 Å². The van der Waals surface area contributed by atoms with Gasteiger partial charge in [-0.25, -0.2) is 4.79 Å². The summed E-state index contributed by atoms with van der Waals surface area (Å²) >= 11 is 0. The highest BCUT2D eigenvalue weighted by Gasteiger charge is 2.01. The van der Waals surface area contributed by atoms with Crippen LogP contribution in [0.15, 0.2) is 23.0 Å². The van der Waals surface area contributed by atoms with E-state index in [1.807, 2.05) is 25.1 Å². The van der Waals surface area contributed by atoms with E-state index in [0.717, 1.165) is 23.3 Å². The third-order valence-electron chi connectivity index (χ3n) is 1.92. The minimum Gasteiger partial charge on any atom is -0.384 e. The number of nitrogens with one attached hydrogen (secondary N) is 3. The van der Waals surface area contributed by atoms with Crippen LogP contribution in [-0.4, -0.2) is 16.5 Å². The molecule has 2 rings (SSSR count). The van der Waals surface area contributed by atoms with Crippen molar-refractivity contribution < 1.29 is 0 Å². The first-order chi connectivity index (χ1) is 6.31. The summed E-state index contributed by atoms with van der Waals surface area (Å²) in [5.74, 6) is 0. The SMILES string of the molecule is CCNc1cccc2[nH]c(=O)[nH]c12. The molecule has 0 bridgehead atoms. The van der Waals surface area contributed by atoms with Crippen molar-refractivity contribution in [1.29, 1.82) is 0 Å². The lowest BCUT2D eigenvalue weighted by Gasteiger charge is -2.02. The molecule has 0 spiro atoms. The summed E-state index contributed by atoms with van der Waals surface area (Å²) < 4.78 is 0. The molecule has 4 nitrogen and oxygen atoms in total. The summed E-state index contributed by atoms with van der Waals surface area (Å²) in [6.07, 6.45) is 0. The van der Waals surface area contributed by atoms with Crippen LogP contribution in [0.3, 0.4) is 0 Å². The maximum Gasteiger partial charge on any atom is 0.323 e. The third kappa shape index (κ3) is 1.30. The Bertz CT molecular complexity index is 469. The van der Waals surface area contributed by atoms with E-state index < -0.39 is 0 Å². The largest absolute Gasteiger partial charge is 0.384 e. The van der Waals surface area contributed by atoms with Crippen molar-refractivity contribution in [1.82, 2.24) is 9.97 Å². The number of rotatable bonds is 2. The van der Waals surface area contributed by atoms with E-state index in [9.17, 15) is 4.79 Å². The number of benzene rings is 1. The van der Waals surface area contributed by atoms with Gasteiger partial charge >= 0.3 is 5.69 Å². The van der Waals surface area contributed by atoms with E-state index in [0.29, 0.717) is 0 Å². The van der Waals surface area contributed by atoms with Gasteiger partial charge in [0.2, 0.25) is 0 Å². The van der Waals surface area contributed by atoms with E-state index in [4.69, 9.17) is 0 Å². The van der Waals surface area contributed by atoms with Crippen LogP contribution in [0.4, 0.5) is 5.69 Å². The minimum atomic E-state index is -0.166. The van der Waals surface area contributed by atoms with Crippen LogP contribution in [0.2, 0.25) is 0 Å². The van der Waals surface area contributed by atoms with Gasteiger partial charge in [0, 0.05) is 6.54 Å². The monoisotopic (exact) mass is 177 g/mol. The number of aromatic amines is 2. The van der Waals surface area contributed by atoms with Gasteiger partial charge in [0.05, 0.1) is 16.7 Å². The summed E-state index contributed by atoms with van der Waals surface area (Å²) in [4.78, 5) is 16.5. The first-order valence-corrected chi connectivity index (χ1v) is 4.26. The van der Waals surface area contributed by atoms with Crippen molar-refractivity contribution in [2.24, 2.45) is 0 Å². The van der Waals surface area contributed by atoms with Crippen molar-refractivity contribution in [3.05, 3.63) is 28.7 Å². The average Bonchev–Trinajstić information content (AvgIpc) is 2.47. The maximum absolute atomic E-state index is 11.0. The van der Waals surface area contributed by atoms with Crippen molar-refractivity contribution in [3.63, 3.8) is 0 Å². The van der Waals surface area contributed by atoms with E-state index >= 15 is 0 Å². The van der Waals surface area contributed by atoms with Crippen LogP contribution in [0, 0.1) is 0 Å². The fourth-order valence-corrected chi connectivity index (χ4v) is 1.40. The lowest BCUT2D eigenvalue weighted by molar-refractivity contribution is 1.20. The summed E-state index contributed by atoms with van der Waals surface area (Å²) in [7, 11) is 0. The number of aromatic nitrogens is 2. The summed E-state index contributed by atoms with van der Waals surface area (Å²) in [5.41, 5.74) is 2.47. The number of anilines is 1. The average molecular weight is 177 g/mol. The second kappa shape index (κ2) is 2.97. The predicted octanol–water partition coefficient (Wildman–Crippen LogP) is 1.29. The molecule has 0 aliphatic carbocycles. The van der Waals surface area contributed by atoms with Crippen molar-refractivity contribution in [2.75, 3.05) is 11.9 Å². The second-order valence-corrected chi connectivity index (χ2v) is 2.84. The lowest BCUT2D eigenvalue weighted by Crippen LogP contribution is -2.00. The van der Waals surface area contributed by atoms with Gasteiger partial charge in [0.1, 0.15) is 0 Å². The van der Waals surface area contributed by atoms with Gasteiger partial charge in [-0.2, -0.15) is 0 Å². The van der Waals surface area contributed by atoms with Crippen molar-refractivity contribution >= 4 is 16.7 Å². The van der Waals surface area contributed by atoms with Gasteiger partial charge in [-0.05, 0) is 19.1 Å². The molecule has 0 saturated carbocycles. The third-order valence-corrected chi connectivity index (χ3v) is 1.92. The molecule has 13 heavy (non-hydrogen) atoms. The Morgan fingerprint density at radius 3 is 3.00 bits per heavy atom. The lowest BCUT2D eigenvalue weighted by atomic mass is 10.2. The number of imidazole rings is 1. The normalized spacial score (nSPS) is 10.5. The van der Waals surface area contributed by atoms with Gasteiger partial charge in [-0.1, -0.05) is 6.07 Å². The van der Waals surface area contributed by atoms with Crippen LogP contribution in [0.1, 0.15) is 6.92 Å². The highest BCUT2D eigenvalue weighted by atomic mass is 16.1. The zero-order valence-electron chi connectivity index (χ0n) is 7.35. The summed E-state index contributed by atoms with van der Waals surface area (Å²) in [6.45, 7) is 2.86. The summed E-state index contributed by atoms with van der Waals surface area (Å²) in [5, 5.41) is 3.17. The van der Waals surface area contributed by atoms with Gasteiger partial charge in [0.15, 0.2) is 0 Å². The maximum atomic E-state index is 11.0. The first kappa shape index (κ1) is 7.91. The van der Waals surface area contributed by atoms with E-state index in [-0.39, 0.29) is 5.69 Å². The smallest absolute Gasteiger partial charge is 0.323 e. The van der Waals surface area contributed by atoms with Crippen LogP contribution < -0.4 is 11.0 Å². The van der Waals surface area contributed by atoms with Crippen LogP contribution in [-0.2, 0) is 0 Å². The zero-order valence-corrected chi connectivity index (χ0v) is 7.35. The van der Waals surface area contributed by atoms with Crippen LogP contribution in [0.25, 0.3) is 11.0 Å². The Balaban J connectivity index is 2.67. The zero-order chi connectivity index (χ0) is 9.26. The molecule has 3 N–H and O–H groups in total. The Hall–Kier alpha value is -1.71. The molecule has 1 aromatic carbocycles. The number of para-hydroxylation sites is 1. The number of hydrogen-bond acceptors (Lipinski definition) is 2. The molecule has 1 aromatic heterocycles. The molecule has 1 heterocycles. The van der Waals surface area contributed by atoms with Crippen molar-refractivity contribution in [3.8, 4) is 0 Å². The molecule has 0 radical (unpaired) electrons. The van der Waals surface area contributed by atoms with Crippen LogP contribution in [0.5, 0.6) is 0 Å². The fourth-order valence-electron chi connectivity index (χ4n) is 1.40. The van der Waals surface area contributed by atoms with E-state index in [2.05, 4.69) is 15.3 Å². The fraction of sp³-hybridized carbons (Fsp3) is 0.222. The Morgan fingerprint density at radius 2 is 2.23 bits per heavy atom. The van der Waals surface area contributed by atoms with Gasteiger partial charge < -0.3 is 15.3 Å². The first-order valence-electron chi connectivity index (χ1n) is 4.26. The van der Waals surface area contributed by atoms with Crippen LogP contribution >= 0.6 is 0 Å². The van der Waals surface area contributed by atoms with E-state index in [1.54, 1.807) is 0 Å². The van der Waals surface area contributed by atoms with Gasteiger partial charge in [0.25, 0.3) is 0 Å². The molecule has 0 unspecified atom stereocenters. The quantitative estimate of drug-likeness (QED) is 0.647. The molecule has 68 valence electrons. The topological polar surface area (TPSA) is 60.7 Å². The molecule has 0 amide bonds. The molecule has 0 fully saturated rings. The van der Waals surface area contributed by atoms with Crippen molar-refractivity contribution in [2.45, 2.75) is 6.92 Å². The number of H-pyrrole nitrogens is 2. The summed E-state index contributed by atoms with van der Waals surface area (Å²) in [6, 6.07) is 5.72. The molecule has 0 aliphatic heterocycles. The Morgan fingerprint density at radius 1 is 1.38 bits per heavy atom. The standard InChI is InChI=1S/C9H11N3O/c1-2-10-6-4-3-5-7-8(6)12-9(13)11-7/h3-5,10H,2H2,1H3,(H2,11,12,13). The molecule has 4 heteroatoms. The predicted molar refractivity (Wildman–Crippen MR) is 53.1 cm³/mol. The Kier molecular flexibility index (Phi) is 1.81. The number of hydrogen-bond donors (Lipinski definition) is 3.